The maximum atomic E-state index is 13.3. The van der Waals surface area contributed by atoms with Crippen LogP contribution in [0.15, 0.2) is 48.5 Å². The van der Waals surface area contributed by atoms with E-state index in [1.165, 1.54) is 0 Å². The molecule has 0 radical (unpaired) electrons. The van der Waals surface area contributed by atoms with Crippen LogP contribution in [0.2, 0.25) is 5.02 Å². The molecule has 5 aliphatic rings. The lowest BCUT2D eigenvalue weighted by molar-refractivity contribution is -0.326. The highest BCUT2D eigenvalue weighted by Gasteiger charge is 2.91. The van der Waals surface area contributed by atoms with E-state index in [4.69, 9.17) is 11.6 Å². The Morgan fingerprint density at radius 3 is 2.48 bits per heavy atom. The van der Waals surface area contributed by atoms with Gasteiger partial charge in [-0.1, -0.05) is 55.8 Å². The highest BCUT2D eigenvalue weighted by atomic mass is 35.5. The Kier molecular flexibility index (Phi) is 3.29. The molecule has 0 heterocycles. The molecule has 7 rings (SSSR count). The van der Waals surface area contributed by atoms with Gasteiger partial charge in [0.2, 0.25) is 5.91 Å². The Balaban J connectivity index is 1.47. The normalized spacial score (nSPS) is 35.1. The van der Waals surface area contributed by atoms with Gasteiger partial charge in [-0.2, -0.15) is 0 Å². The predicted octanol–water partition coefficient (Wildman–Crippen LogP) is 5.34. The van der Waals surface area contributed by atoms with Crippen LogP contribution >= 0.6 is 11.6 Å². The lowest BCUT2D eigenvalue weighted by atomic mass is 9.21. The van der Waals surface area contributed by atoms with Crippen molar-refractivity contribution in [3.8, 4) is 0 Å². The van der Waals surface area contributed by atoms with E-state index in [1.807, 2.05) is 18.2 Å². The van der Waals surface area contributed by atoms with Gasteiger partial charge in [-0.15, -0.1) is 0 Å². The number of nitrogens with one attached hydrogen (secondary N) is 1. The Morgan fingerprint density at radius 2 is 1.85 bits per heavy atom. The van der Waals surface area contributed by atoms with Crippen molar-refractivity contribution in [2.45, 2.75) is 33.1 Å². The van der Waals surface area contributed by atoms with Crippen LogP contribution in [-0.2, 0) is 4.79 Å². The van der Waals surface area contributed by atoms with Gasteiger partial charge in [0.15, 0.2) is 5.78 Å². The molecular weight excluding hydrogens is 358 g/mol. The third-order valence-corrected chi connectivity index (χ3v) is 8.34. The molecule has 4 heteroatoms. The summed E-state index contributed by atoms with van der Waals surface area (Å²) in [4.78, 5) is 26.3. The van der Waals surface area contributed by atoms with Crippen LogP contribution in [0.25, 0.3) is 0 Å². The zero-order valence-corrected chi connectivity index (χ0v) is 16.3. The summed E-state index contributed by atoms with van der Waals surface area (Å²) in [6.45, 7) is 4.59. The number of fused-ring (bicyclic) bond motifs is 1. The molecule has 0 spiro atoms. The standard InChI is InChI=1S/C23H22ClNO2/c1-21-13-23(18(21)10-11-22(21,23)2)20(27)25-17-9-8-15(24)12-16(17)19(26)14-6-4-3-5-7-14/h3-9,12,18H,10-11,13H2,1-2H3,(H,25,27)/t18-,21-,22+,23+/m0/s1. The number of anilines is 1. The number of ketones is 1. The molecule has 0 aromatic heterocycles. The number of halogens is 1. The summed E-state index contributed by atoms with van der Waals surface area (Å²) in [6.07, 6.45) is 3.22. The van der Waals surface area contributed by atoms with Crippen molar-refractivity contribution in [1.82, 2.24) is 0 Å². The minimum absolute atomic E-state index is 0.0701. The van der Waals surface area contributed by atoms with Gasteiger partial charge in [-0.3, -0.25) is 9.59 Å². The van der Waals surface area contributed by atoms with Crippen LogP contribution in [0.5, 0.6) is 0 Å². The van der Waals surface area contributed by atoms with Crippen molar-refractivity contribution in [3.63, 3.8) is 0 Å². The number of hydrogen-bond donors (Lipinski definition) is 1. The highest BCUT2D eigenvalue weighted by molar-refractivity contribution is 6.31. The fraction of sp³-hybridized carbons (Fsp3) is 0.391. The number of hydrogen-bond acceptors (Lipinski definition) is 2. The molecule has 0 saturated heterocycles. The largest absolute Gasteiger partial charge is 0.325 e. The van der Waals surface area contributed by atoms with Crippen LogP contribution in [0.1, 0.15) is 49.0 Å². The van der Waals surface area contributed by atoms with Gasteiger partial charge < -0.3 is 5.32 Å². The van der Waals surface area contributed by atoms with E-state index in [0.717, 1.165) is 19.3 Å². The fourth-order valence-corrected chi connectivity index (χ4v) is 6.68. The van der Waals surface area contributed by atoms with E-state index in [2.05, 4.69) is 19.2 Å². The SMILES string of the molecule is C[C@@]12CC[C@H]3[C@]1(C)C[C@]32C(=O)Nc1ccc(Cl)cc1C(=O)c1ccccc1. The smallest absolute Gasteiger partial charge is 0.231 e. The van der Waals surface area contributed by atoms with E-state index in [1.54, 1.807) is 30.3 Å². The summed E-state index contributed by atoms with van der Waals surface area (Å²) in [6, 6.07) is 14.2. The lowest BCUT2D eigenvalue weighted by Crippen LogP contribution is -2.81. The number of amides is 1. The second-order valence-corrected chi connectivity index (χ2v) is 9.26. The molecular formula is C23H22ClNO2. The van der Waals surface area contributed by atoms with Crippen molar-refractivity contribution < 1.29 is 9.59 Å². The average molecular weight is 380 g/mol. The molecule has 2 aromatic carbocycles. The summed E-state index contributed by atoms with van der Waals surface area (Å²) >= 11 is 6.15. The molecule has 1 N–H and O–H groups in total. The zero-order valence-electron chi connectivity index (χ0n) is 15.5. The van der Waals surface area contributed by atoms with E-state index in [0.29, 0.717) is 33.2 Å². The monoisotopic (exact) mass is 379 g/mol. The maximum absolute atomic E-state index is 13.3. The second kappa shape index (κ2) is 5.23. The molecule has 1 amide bonds. The molecule has 3 nitrogen and oxygen atoms in total. The lowest BCUT2D eigenvalue weighted by Gasteiger charge is -2.81. The van der Waals surface area contributed by atoms with Crippen LogP contribution < -0.4 is 5.32 Å². The number of carbonyl (C=O) groups is 2. The first kappa shape index (κ1) is 17.0. The molecule has 138 valence electrons. The van der Waals surface area contributed by atoms with E-state index >= 15 is 0 Å². The summed E-state index contributed by atoms with van der Waals surface area (Å²) < 4.78 is 0. The van der Waals surface area contributed by atoms with Crippen molar-refractivity contribution in [3.05, 3.63) is 64.7 Å². The van der Waals surface area contributed by atoms with Crippen LogP contribution in [0, 0.1) is 22.2 Å². The second-order valence-electron chi connectivity index (χ2n) is 8.83. The van der Waals surface area contributed by atoms with E-state index in [-0.39, 0.29) is 22.5 Å². The molecule has 5 fully saturated rings. The van der Waals surface area contributed by atoms with Gasteiger partial charge in [0.25, 0.3) is 0 Å². The average Bonchev–Trinajstić information content (AvgIpc) is 3.06. The third kappa shape index (κ3) is 1.84. The van der Waals surface area contributed by atoms with Crippen LogP contribution in [-0.4, -0.2) is 11.7 Å². The Labute approximate surface area is 164 Å². The van der Waals surface area contributed by atoms with Gasteiger partial charge in [0.1, 0.15) is 0 Å². The number of benzene rings is 2. The molecule has 4 atom stereocenters. The molecule has 5 saturated carbocycles. The summed E-state index contributed by atoms with van der Waals surface area (Å²) in [5, 5.41) is 3.58. The van der Waals surface area contributed by atoms with Gasteiger partial charge >= 0.3 is 0 Å². The number of carbonyl (C=O) groups excluding carboxylic acids is 2. The molecule has 27 heavy (non-hydrogen) atoms. The van der Waals surface area contributed by atoms with Gasteiger partial charge in [0.05, 0.1) is 11.1 Å². The highest BCUT2D eigenvalue weighted by Crippen LogP contribution is 2.93. The van der Waals surface area contributed by atoms with Crippen molar-refractivity contribution in [1.29, 1.82) is 0 Å². The van der Waals surface area contributed by atoms with Crippen LogP contribution in [0.3, 0.4) is 0 Å². The Morgan fingerprint density at radius 1 is 1.11 bits per heavy atom. The zero-order chi connectivity index (χ0) is 19.0. The van der Waals surface area contributed by atoms with E-state index in [9.17, 15) is 9.59 Å². The minimum Gasteiger partial charge on any atom is -0.325 e. The van der Waals surface area contributed by atoms with E-state index < -0.39 is 0 Å². The Bertz CT molecular complexity index is 987. The van der Waals surface area contributed by atoms with Gasteiger partial charge in [-0.05, 0) is 54.2 Å². The molecule has 0 aliphatic heterocycles. The fourth-order valence-electron chi connectivity index (χ4n) is 6.51. The number of rotatable bonds is 4. The van der Waals surface area contributed by atoms with Gasteiger partial charge in [0, 0.05) is 16.1 Å². The van der Waals surface area contributed by atoms with Crippen molar-refractivity contribution in [2.75, 3.05) is 5.32 Å². The first-order valence-corrected chi connectivity index (χ1v) is 9.92. The molecule has 2 aromatic rings. The molecule has 0 unspecified atom stereocenters. The summed E-state index contributed by atoms with van der Waals surface area (Å²) in [5.41, 5.74) is 1.75. The van der Waals surface area contributed by atoms with Gasteiger partial charge in [-0.25, -0.2) is 0 Å². The summed E-state index contributed by atoms with van der Waals surface area (Å²) in [7, 11) is 0. The van der Waals surface area contributed by atoms with Crippen molar-refractivity contribution in [2.24, 2.45) is 22.2 Å². The quantitative estimate of drug-likeness (QED) is 0.729. The maximum Gasteiger partial charge on any atom is 0.231 e. The first-order valence-electron chi connectivity index (χ1n) is 9.54. The first-order chi connectivity index (χ1) is 12.8. The molecule has 5 aliphatic carbocycles. The third-order valence-electron chi connectivity index (χ3n) is 8.10. The van der Waals surface area contributed by atoms with Crippen molar-refractivity contribution >= 4 is 29.0 Å². The van der Waals surface area contributed by atoms with Crippen LogP contribution in [0.4, 0.5) is 5.69 Å². The Hall–Kier alpha value is -2.13. The predicted molar refractivity (Wildman–Crippen MR) is 106 cm³/mol. The summed E-state index contributed by atoms with van der Waals surface area (Å²) in [5.74, 6) is 0.420. The minimum atomic E-state index is -0.256. The topological polar surface area (TPSA) is 46.2 Å². The molecule has 4 bridgehead atoms.